The highest BCUT2D eigenvalue weighted by atomic mass is 16.6. The van der Waals surface area contributed by atoms with Crippen molar-refractivity contribution in [2.45, 2.75) is 33.7 Å². The first kappa shape index (κ1) is 15.4. The summed E-state index contributed by atoms with van der Waals surface area (Å²) in [5.41, 5.74) is 1.02. The van der Waals surface area contributed by atoms with Crippen molar-refractivity contribution in [3.63, 3.8) is 0 Å². The van der Waals surface area contributed by atoms with E-state index < -0.39 is 4.92 Å². The zero-order valence-corrected chi connectivity index (χ0v) is 11.8. The third-order valence-electron chi connectivity index (χ3n) is 2.75. The summed E-state index contributed by atoms with van der Waals surface area (Å²) in [5, 5.41) is 14.1. The van der Waals surface area contributed by atoms with Crippen LogP contribution in [0.2, 0.25) is 0 Å². The number of nitrogens with one attached hydrogen (secondary N) is 1. The standard InChI is InChI=1S/C14H22N2O3/c1-4-15-10-12-5-6-13(16(17)18)14(9-12)19-8-7-11(2)3/h5-6,9,11,15H,4,7-8,10H2,1-3H3. The molecule has 106 valence electrons. The molecule has 1 aromatic carbocycles. The van der Waals surface area contributed by atoms with Crippen LogP contribution in [0.3, 0.4) is 0 Å². The van der Waals surface area contributed by atoms with Gasteiger partial charge in [0.15, 0.2) is 5.75 Å². The average Bonchev–Trinajstić information content (AvgIpc) is 2.35. The normalized spacial score (nSPS) is 10.7. The molecule has 0 aliphatic heterocycles. The van der Waals surface area contributed by atoms with E-state index in [1.807, 2.05) is 6.92 Å². The fraction of sp³-hybridized carbons (Fsp3) is 0.571. The van der Waals surface area contributed by atoms with Crippen molar-refractivity contribution in [2.24, 2.45) is 5.92 Å². The molecule has 19 heavy (non-hydrogen) atoms. The number of benzene rings is 1. The largest absolute Gasteiger partial charge is 0.487 e. The lowest BCUT2D eigenvalue weighted by atomic mass is 10.1. The van der Waals surface area contributed by atoms with Gasteiger partial charge in [0, 0.05) is 12.6 Å². The molecule has 0 saturated heterocycles. The molecular formula is C14H22N2O3. The molecule has 0 spiro atoms. The van der Waals surface area contributed by atoms with Crippen molar-refractivity contribution in [3.8, 4) is 5.75 Å². The van der Waals surface area contributed by atoms with Crippen LogP contribution >= 0.6 is 0 Å². The van der Waals surface area contributed by atoms with Crippen molar-refractivity contribution in [1.82, 2.24) is 5.32 Å². The van der Waals surface area contributed by atoms with Gasteiger partial charge >= 0.3 is 5.69 Å². The van der Waals surface area contributed by atoms with Gasteiger partial charge in [-0.3, -0.25) is 10.1 Å². The average molecular weight is 266 g/mol. The summed E-state index contributed by atoms with van der Waals surface area (Å²) < 4.78 is 5.56. The monoisotopic (exact) mass is 266 g/mol. The first-order valence-corrected chi connectivity index (χ1v) is 6.65. The number of nitro groups is 1. The molecular weight excluding hydrogens is 244 g/mol. The third-order valence-corrected chi connectivity index (χ3v) is 2.75. The van der Waals surface area contributed by atoms with Gasteiger partial charge in [-0.1, -0.05) is 26.8 Å². The predicted octanol–water partition coefficient (Wildman–Crippen LogP) is 3.13. The molecule has 5 heteroatoms. The van der Waals surface area contributed by atoms with E-state index in [2.05, 4.69) is 19.2 Å². The minimum Gasteiger partial charge on any atom is -0.487 e. The maximum absolute atomic E-state index is 11.0. The van der Waals surface area contributed by atoms with Gasteiger partial charge in [0.1, 0.15) is 0 Å². The molecule has 0 atom stereocenters. The molecule has 1 rings (SSSR count). The van der Waals surface area contributed by atoms with E-state index in [1.54, 1.807) is 12.1 Å². The van der Waals surface area contributed by atoms with E-state index in [-0.39, 0.29) is 5.69 Å². The fourth-order valence-electron chi connectivity index (χ4n) is 1.61. The SMILES string of the molecule is CCNCc1ccc([N+](=O)[O-])c(OCCC(C)C)c1. The maximum atomic E-state index is 11.0. The summed E-state index contributed by atoms with van der Waals surface area (Å²) >= 11 is 0. The van der Waals surface area contributed by atoms with Gasteiger partial charge < -0.3 is 10.1 Å². The molecule has 1 N–H and O–H groups in total. The van der Waals surface area contributed by atoms with Gasteiger partial charge in [0.25, 0.3) is 0 Å². The van der Waals surface area contributed by atoms with Gasteiger partial charge in [0.05, 0.1) is 11.5 Å². The fourth-order valence-corrected chi connectivity index (χ4v) is 1.61. The Morgan fingerprint density at radius 2 is 2.16 bits per heavy atom. The second kappa shape index (κ2) is 7.74. The molecule has 0 fully saturated rings. The Morgan fingerprint density at radius 3 is 2.74 bits per heavy atom. The van der Waals surface area contributed by atoms with Crippen LogP contribution in [0.4, 0.5) is 5.69 Å². The molecule has 0 bridgehead atoms. The van der Waals surface area contributed by atoms with Gasteiger partial charge in [-0.25, -0.2) is 0 Å². The van der Waals surface area contributed by atoms with Crippen molar-refractivity contribution in [2.75, 3.05) is 13.2 Å². The van der Waals surface area contributed by atoms with Crippen LogP contribution in [0.1, 0.15) is 32.8 Å². The summed E-state index contributed by atoms with van der Waals surface area (Å²) in [5.74, 6) is 0.880. The Kier molecular flexibility index (Phi) is 6.29. The molecule has 0 aliphatic carbocycles. The smallest absolute Gasteiger partial charge is 0.310 e. The van der Waals surface area contributed by atoms with E-state index in [1.165, 1.54) is 6.07 Å². The van der Waals surface area contributed by atoms with Gasteiger partial charge in [-0.05, 0) is 30.5 Å². The van der Waals surface area contributed by atoms with E-state index >= 15 is 0 Å². The topological polar surface area (TPSA) is 64.4 Å². The highest BCUT2D eigenvalue weighted by molar-refractivity contribution is 5.48. The lowest BCUT2D eigenvalue weighted by Gasteiger charge is -2.10. The van der Waals surface area contributed by atoms with Crippen LogP contribution in [0.25, 0.3) is 0 Å². The quantitative estimate of drug-likeness (QED) is 0.580. The third kappa shape index (κ3) is 5.26. The molecule has 0 heterocycles. The number of ether oxygens (including phenoxy) is 1. The van der Waals surface area contributed by atoms with Crippen molar-refractivity contribution in [3.05, 3.63) is 33.9 Å². The molecule has 0 amide bonds. The van der Waals surface area contributed by atoms with Gasteiger partial charge in [0.2, 0.25) is 0 Å². The summed E-state index contributed by atoms with van der Waals surface area (Å²) in [6.45, 7) is 8.27. The molecule has 0 unspecified atom stereocenters. The van der Waals surface area contributed by atoms with E-state index in [9.17, 15) is 10.1 Å². The van der Waals surface area contributed by atoms with Gasteiger partial charge in [-0.2, -0.15) is 0 Å². The Labute approximate surface area is 114 Å². The lowest BCUT2D eigenvalue weighted by molar-refractivity contribution is -0.385. The molecule has 0 saturated carbocycles. The van der Waals surface area contributed by atoms with Crippen LogP contribution in [0.5, 0.6) is 5.75 Å². The zero-order valence-electron chi connectivity index (χ0n) is 11.8. The molecule has 0 aliphatic rings. The molecule has 0 radical (unpaired) electrons. The molecule has 5 nitrogen and oxygen atoms in total. The van der Waals surface area contributed by atoms with Crippen LogP contribution in [-0.2, 0) is 6.54 Å². The number of nitro benzene ring substituents is 1. The Hall–Kier alpha value is -1.62. The molecule has 1 aromatic rings. The summed E-state index contributed by atoms with van der Waals surface area (Å²) in [4.78, 5) is 10.6. The highest BCUT2D eigenvalue weighted by Gasteiger charge is 2.15. The van der Waals surface area contributed by atoms with Crippen molar-refractivity contribution >= 4 is 5.69 Å². The van der Waals surface area contributed by atoms with Gasteiger partial charge in [-0.15, -0.1) is 0 Å². The first-order chi connectivity index (χ1) is 9.04. The van der Waals surface area contributed by atoms with Crippen LogP contribution in [0.15, 0.2) is 18.2 Å². The first-order valence-electron chi connectivity index (χ1n) is 6.65. The van der Waals surface area contributed by atoms with E-state index in [0.717, 1.165) is 18.5 Å². The Morgan fingerprint density at radius 1 is 1.42 bits per heavy atom. The van der Waals surface area contributed by atoms with Crippen molar-refractivity contribution in [1.29, 1.82) is 0 Å². The Bertz CT molecular complexity index is 419. The zero-order chi connectivity index (χ0) is 14.3. The number of nitrogens with zero attached hydrogens (tertiary/aromatic N) is 1. The number of hydrogen-bond donors (Lipinski definition) is 1. The minimum atomic E-state index is -0.401. The second-order valence-electron chi connectivity index (χ2n) is 4.87. The maximum Gasteiger partial charge on any atom is 0.310 e. The minimum absolute atomic E-state index is 0.0315. The summed E-state index contributed by atoms with van der Waals surface area (Å²) in [6, 6.07) is 5.02. The molecule has 0 aromatic heterocycles. The second-order valence-corrected chi connectivity index (χ2v) is 4.87. The number of hydrogen-bond acceptors (Lipinski definition) is 4. The van der Waals surface area contributed by atoms with Crippen LogP contribution in [0, 0.1) is 16.0 Å². The summed E-state index contributed by atoms with van der Waals surface area (Å²) in [6.07, 6.45) is 0.884. The lowest BCUT2D eigenvalue weighted by Crippen LogP contribution is -2.12. The van der Waals surface area contributed by atoms with Crippen LogP contribution < -0.4 is 10.1 Å². The summed E-state index contributed by atoms with van der Waals surface area (Å²) in [7, 11) is 0. The number of rotatable bonds is 8. The van der Waals surface area contributed by atoms with E-state index in [4.69, 9.17) is 4.74 Å². The van der Waals surface area contributed by atoms with Crippen molar-refractivity contribution < 1.29 is 9.66 Å². The van der Waals surface area contributed by atoms with Crippen LogP contribution in [-0.4, -0.2) is 18.1 Å². The highest BCUT2D eigenvalue weighted by Crippen LogP contribution is 2.28. The predicted molar refractivity (Wildman–Crippen MR) is 75.4 cm³/mol. The van der Waals surface area contributed by atoms with E-state index in [0.29, 0.717) is 24.8 Å². The Balaban J connectivity index is 2.79.